The summed E-state index contributed by atoms with van der Waals surface area (Å²) in [6.45, 7) is 2.26. The summed E-state index contributed by atoms with van der Waals surface area (Å²) >= 11 is 3.96. The summed E-state index contributed by atoms with van der Waals surface area (Å²) < 4.78 is 0. The van der Waals surface area contributed by atoms with Crippen LogP contribution >= 0.6 is 23.9 Å². The molecule has 2 heteroatoms. The predicted molar refractivity (Wildman–Crippen MR) is 116 cm³/mol. The lowest BCUT2D eigenvalue weighted by Crippen LogP contribution is -2.23. The fraction of sp³-hybridized carbons (Fsp3) is 0.217. The van der Waals surface area contributed by atoms with E-state index >= 15 is 0 Å². The molecule has 0 aliphatic carbocycles. The average molecular weight is 411 g/mol. The molecule has 0 aromatic heterocycles. The first kappa shape index (κ1) is 18.4. The van der Waals surface area contributed by atoms with Crippen molar-refractivity contribution in [3.8, 4) is 0 Å². The molecule has 0 aliphatic heterocycles. The summed E-state index contributed by atoms with van der Waals surface area (Å²) in [7, 11) is -0.544. The van der Waals surface area contributed by atoms with Crippen molar-refractivity contribution in [2.75, 3.05) is 0 Å². The van der Waals surface area contributed by atoms with Crippen LogP contribution in [0.25, 0.3) is 0 Å². The van der Waals surface area contributed by atoms with Crippen LogP contribution in [0.15, 0.2) is 84.9 Å². The van der Waals surface area contributed by atoms with Gasteiger partial charge in [-0.3, -0.25) is 0 Å². The van der Waals surface area contributed by atoms with Gasteiger partial charge in [0.25, 0.3) is 0 Å². The second kappa shape index (κ2) is 9.32. The van der Waals surface area contributed by atoms with Gasteiger partial charge in [-0.1, -0.05) is 121 Å². The van der Waals surface area contributed by atoms with Gasteiger partial charge in [-0.2, -0.15) is 0 Å². The van der Waals surface area contributed by atoms with E-state index in [1.807, 2.05) is 0 Å². The van der Waals surface area contributed by atoms with Crippen LogP contribution in [0.4, 0.5) is 0 Å². The van der Waals surface area contributed by atoms with E-state index in [2.05, 4.69) is 108 Å². The Labute approximate surface area is 161 Å². The summed E-state index contributed by atoms with van der Waals surface area (Å²) in [5.41, 5.74) is 1.44. The first-order valence-corrected chi connectivity index (χ1v) is 11.2. The maximum Gasteiger partial charge on any atom is 0.0401 e. The van der Waals surface area contributed by atoms with Gasteiger partial charge in [0.05, 0.1) is 0 Å². The van der Waals surface area contributed by atoms with Crippen LogP contribution in [0, 0.1) is 0 Å². The van der Waals surface area contributed by atoms with Crippen LogP contribution in [-0.2, 0) is 0 Å². The van der Waals surface area contributed by atoms with Crippen molar-refractivity contribution in [3.05, 3.63) is 90.5 Å². The minimum atomic E-state index is -0.544. The smallest absolute Gasteiger partial charge is 0.0401 e. The van der Waals surface area contributed by atoms with Crippen molar-refractivity contribution >= 4 is 39.8 Å². The maximum absolute atomic E-state index is 3.96. The van der Waals surface area contributed by atoms with Crippen LogP contribution in [-0.4, -0.2) is 0 Å². The molecule has 1 unspecified atom stereocenters. The van der Waals surface area contributed by atoms with E-state index in [0.717, 1.165) is 0 Å². The monoisotopic (exact) mass is 410 g/mol. The minimum absolute atomic E-state index is 0.418. The van der Waals surface area contributed by atoms with Crippen molar-refractivity contribution in [2.24, 2.45) is 0 Å². The molecule has 0 saturated carbocycles. The Hall–Kier alpha value is -1.43. The number of hydrogen-bond acceptors (Lipinski definition) is 0. The Morgan fingerprint density at radius 3 is 1.84 bits per heavy atom. The third-order valence-corrected chi connectivity index (χ3v) is 7.82. The van der Waals surface area contributed by atoms with Crippen LogP contribution in [0.1, 0.15) is 36.6 Å². The first-order chi connectivity index (χ1) is 12.3. The van der Waals surface area contributed by atoms with Crippen LogP contribution in [0.3, 0.4) is 0 Å². The third kappa shape index (κ3) is 4.60. The highest BCUT2D eigenvalue weighted by Crippen LogP contribution is 2.38. The third-order valence-electron chi connectivity index (χ3n) is 4.36. The van der Waals surface area contributed by atoms with Crippen molar-refractivity contribution < 1.29 is 0 Å². The largest absolute Gasteiger partial charge is 0.0839 e. The lowest BCUT2D eigenvalue weighted by molar-refractivity contribution is 0.715. The predicted octanol–water partition coefficient (Wildman–Crippen LogP) is 6.07. The average Bonchev–Trinajstić information content (AvgIpc) is 2.68. The second-order valence-electron chi connectivity index (χ2n) is 6.18. The fourth-order valence-corrected chi connectivity index (χ4v) is 6.49. The zero-order valence-electron chi connectivity index (χ0n) is 14.6. The highest BCUT2D eigenvalue weighted by molar-refractivity contribution is 9.09. The zero-order chi connectivity index (χ0) is 17.5. The lowest BCUT2D eigenvalue weighted by Gasteiger charge is -2.24. The molecule has 3 aromatic carbocycles. The van der Waals surface area contributed by atoms with Gasteiger partial charge in [0.2, 0.25) is 0 Å². The van der Waals surface area contributed by atoms with Crippen molar-refractivity contribution in [2.45, 2.75) is 31.0 Å². The normalized spacial score (nSPS) is 12.3. The molecule has 0 nitrogen and oxygen atoms in total. The molecule has 1 atom stereocenters. The molecule has 0 amide bonds. The van der Waals surface area contributed by atoms with Crippen LogP contribution in [0.2, 0.25) is 0 Å². The number of unbranched alkanes of at least 4 members (excludes halogenated alkanes) is 1. The summed E-state index contributed by atoms with van der Waals surface area (Å²) in [5.74, 6) is 0. The van der Waals surface area contributed by atoms with Gasteiger partial charge >= 0.3 is 0 Å². The Morgan fingerprint density at radius 1 is 0.760 bits per heavy atom. The molecule has 128 valence electrons. The zero-order valence-corrected chi connectivity index (χ0v) is 17.1. The fourth-order valence-electron chi connectivity index (χ4n) is 3.08. The number of alkyl halides is 1. The molecule has 0 bridgehead atoms. The van der Waals surface area contributed by atoms with Gasteiger partial charge in [0, 0.05) is 4.83 Å². The van der Waals surface area contributed by atoms with Crippen molar-refractivity contribution in [1.82, 2.24) is 0 Å². The minimum Gasteiger partial charge on any atom is -0.0839 e. The highest BCUT2D eigenvalue weighted by atomic mass is 79.9. The van der Waals surface area contributed by atoms with E-state index in [0.29, 0.717) is 4.83 Å². The highest BCUT2D eigenvalue weighted by Gasteiger charge is 2.21. The van der Waals surface area contributed by atoms with Crippen molar-refractivity contribution in [1.29, 1.82) is 0 Å². The van der Waals surface area contributed by atoms with Gasteiger partial charge < -0.3 is 0 Å². The van der Waals surface area contributed by atoms with E-state index in [1.54, 1.807) is 0 Å². The molecule has 3 aromatic rings. The molecule has 0 aliphatic rings. The van der Waals surface area contributed by atoms with Gasteiger partial charge in [0.1, 0.15) is 0 Å². The van der Waals surface area contributed by atoms with Gasteiger partial charge in [-0.25, -0.2) is 0 Å². The molecule has 25 heavy (non-hydrogen) atoms. The molecular weight excluding hydrogens is 387 g/mol. The molecular formula is C23H24BrP. The van der Waals surface area contributed by atoms with Gasteiger partial charge in [-0.15, -0.1) is 0 Å². The number of benzene rings is 3. The number of rotatable bonds is 7. The summed E-state index contributed by atoms with van der Waals surface area (Å²) in [5, 5.41) is 4.28. The van der Waals surface area contributed by atoms with E-state index in [1.165, 1.54) is 40.7 Å². The van der Waals surface area contributed by atoms with E-state index in [9.17, 15) is 0 Å². The summed E-state index contributed by atoms with van der Waals surface area (Å²) in [6, 6.07) is 30.8. The Morgan fingerprint density at radius 2 is 1.28 bits per heavy atom. The number of halogens is 1. The Kier molecular flexibility index (Phi) is 6.84. The Bertz CT molecular complexity index is 731. The van der Waals surface area contributed by atoms with E-state index < -0.39 is 7.92 Å². The molecule has 0 fully saturated rings. The molecule has 3 rings (SSSR count). The topological polar surface area (TPSA) is 0 Å². The molecule has 0 N–H and O–H groups in total. The summed E-state index contributed by atoms with van der Waals surface area (Å²) in [6.07, 6.45) is 3.66. The van der Waals surface area contributed by atoms with Gasteiger partial charge in [-0.05, 0) is 35.8 Å². The second-order valence-corrected chi connectivity index (χ2v) is 9.47. The van der Waals surface area contributed by atoms with Crippen LogP contribution in [0.5, 0.6) is 0 Å². The lowest BCUT2D eigenvalue weighted by atomic mass is 10.1. The quantitative estimate of drug-likeness (QED) is 0.327. The molecule has 0 radical (unpaired) electrons. The van der Waals surface area contributed by atoms with E-state index in [4.69, 9.17) is 0 Å². The molecule has 0 spiro atoms. The summed E-state index contributed by atoms with van der Waals surface area (Å²) in [4.78, 5) is 0.418. The first-order valence-electron chi connectivity index (χ1n) is 8.94. The molecule has 0 saturated heterocycles. The molecule has 0 heterocycles. The standard InChI is InChI=1S/C23H24BrP/c1-2-3-17-22(24)21-16-10-11-18-23(21)25(19-12-6-4-7-13-19)20-14-8-5-9-15-20/h4-16,18,22H,2-3,17H2,1H3. The van der Waals surface area contributed by atoms with E-state index in [-0.39, 0.29) is 0 Å². The Balaban J connectivity index is 2.09. The number of hydrogen-bond donors (Lipinski definition) is 0. The van der Waals surface area contributed by atoms with Crippen molar-refractivity contribution in [3.63, 3.8) is 0 Å². The SMILES string of the molecule is CCCCC(Br)c1ccccc1P(c1ccccc1)c1ccccc1. The van der Waals surface area contributed by atoms with Crippen LogP contribution < -0.4 is 15.9 Å². The van der Waals surface area contributed by atoms with Gasteiger partial charge in [0.15, 0.2) is 0 Å². The maximum atomic E-state index is 3.96.